The van der Waals surface area contributed by atoms with Gasteiger partial charge in [0.25, 0.3) is 0 Å². The van der Waals surface area contributed by atoms with Gasteiger partial charge in [-0.15, -0.1) is 0 Å². The SMILES string of the molecule is N/C(=N/O)c1ccc(OCCN2CCSCC2)cc1. The smallest absolute Gasteiger partial charge is 0.170 e. The number of benzene rings is 1. The highest BCUT2D eigenvalue weighted by molar-refractivity contribution is 7.99. The fraction of sp³-hybridized carbons (Fsp3) is 0.462. The van der Waals surface area contributed by atoms with E-state index in [4.69, 9.17) is 15.7 Å². The van der Waals surface area contributed by atoms with E-state index in [1.165, 1.54) is 11.5 Å². The van der Waals surface area contributed by atoms with Crippen LogP contribution < -0.4 is 10.5 Å². The topological polar surface area (TPSA) is 71.1 Å². The fourth-order valence-corrected chi connectivity index (χ4v) is 2.88. The molecule has 104 valence electrons. The second-order valence-corrected chi connectivity index (χ2v) is 5.54. The van der Waals surface area contributed by atoms with Gasteiger partial charge in [0.05, 0.1) is 0 Å². The summed E-state index contributed by atoms with van der Waals surface area (Å²) in [6.07, 6.45) is 0. The monoisotopic (exact) mass is 281 g/mol. The molecule has 0 saturated carbocycles. The van der Waals surface area contributed by atoms with Crippen LogP contribution in [-0.4, -0.2) is 53.7 Å². The molecule has 0 radical (unpaired) electrons. The lowest BCUT2D eigenvalue weighted by molar-refractivity contribution is 0.222. The molecule has 2 rings (SSSR count). The van der Waals surface area contributed by atoms with Gasteiger partial charge in [-0.1, -0.05) is 5.16 Å². The molecule has 0 amide bonds. The molecule has 1 fully saturated rings. The number of hydrogen-bond acceptors (Lipinski definition) is 5. The summed E-state index contributed by atoms with van der Waals surface area (Å²) >= 11 is 2.01. The van der Waals surface area contributed by atoms with E-state index in [9.17, 15) is 0 Å². The van der Waals surface area contributed by atoms with E-state index in [1.807, 2.05) is 23.9 Å². The van der Waals surface area contributed by atoms with Crippen molar-refractivity contribution in [2.75, 3.05) is 37.7 Å². The van der Waals surface area contributed by atoms with Gasteiger partial charge in [-0.3, -0.25) is 4.90 Å². The molecule has 0 bridgehead atoms. The van der Waals surface area contributed by atoms with Crippen LogP contribution in [-0.2, 0) is 0 Å². The van der Waals surface area contributed by atoms with Crippen molar-refractivity contribution in [3.63, 3.8) is 0 Å². The first-order valence-corrected chi connectivity index (χ1v) is 7.46. The molecule has 0 spiro atoms. The Balaban J connectivity index is 1.76. The molecule has 1 aromatic carbocycles. The molecule has 1 aromatic rings. The van der Waals surface area contributed by atoms with Crippen molar-refractivity contribution in [2.45, 2.75) is 0 Å². The Morgan fingerprint density at radius 3 is 2.63 bits per heavy atom. The molecule has 6 heteroatoms. The van der Waals surface area contributed by atoms with Crippen molar-refractivity contribution < 1.29 is 9.94 Å². The normalized spacial score (nSPS) is 17.4. The van der Waals surface area contributed by atoms with Gasteiger partial charge < -0.3 is 15.7 Å². The molecule has 0 atom stereocenters. The molecular weight excluding hydrogens is 262 g/mol. The van der Waals surface area contributed by atoms with Crippen LogP contribution in [0.25, 0.3) is 0 Å². The molecule has 19 heavy (non-hydrogen) atoms. The zero-order chi connectivity index (χ0) is 13.5. The lowest BCUT2D eigenvalue weighted by atomic mass is 10.2. The van der Waals surface area contributed by atoms with Crippen LogP contribution >= 0.6 is 11.8 Å². The van der Waals surface area contributed by atoms with Gasteiger partial charge in [0.1, 0.15) is 12.4 Å². The van der Waals surface area contributed by atoms with Crippen molar-refractivity contribution in [2.24, 2.45) is 10.9 Å². The van der Waals surface area contributed by atoms with Crippen LogP contribution in [0.2, 0.25) is 0 Å². The van der Waals surface area contributed by atoms with Crippen LogP contribution in [0, 0.1) is 0 Å². The van der Waals surface area contributed by atoms with E-state index in [-0.39, 0.29) is 5.84 Å². The first-order chi connectivity index (χ1) is 9.29. The Labute approximate surface area is 117 Å². The molecule has 1 aliphatic rings. The number of hydrogen-bond donors (Lipinski definition) is 2. The Morgan fingerprint density at radius 1 is 1.32 bits per heavy atom. The second-order valence-electron chi connectivity index (χ2n) is 4.31. The highest BCUT2D eigenvalue weighted by atomic mass is 32.2. The number of nitrogens with zero attached hydrogens (tertiary/aromatic N) is 2. The average Bonchev–Trinajstić information content (AvgIpc) is 2.48. The van der Waals surface area contributed by atoms with Gasteiger partial charge in [0.15, 0.2) is 5.84 Å². The third-order valence-electron chi connectivity index (χ3n) is 3.04. The van der Waals surface area contributed by atoms with Crippen molar-refractivity contribution >= 4 is 17.6 Å². The first kappa shape index (κ1) is 14.0. The van der Waals surface area contributed by atoms with Gasteiger partial charge in [-0.05, 0) is 24.3 Å². The van der Waals surface area contributed by atoms with Gasteiger partial charge in [-0.2, -0.15) is 11.8 Å². The minimum absolute atomic E-state index is 0.109. The first-order valence-electron chi connectivity index (χ1n) is 6.30. The van der Waals surface area contributed by atoms with E-state index in [2.05, 4.69) is 10.1 Å². The highest BCUT2D eigenvalue weighted by Crippen LogP contribution is 2.13. The standard InChI is InChI=1S/C13H19N3O2S/c14-13(15-17)11-1-3-12(4-2-11)18-8-5-16-6-9-19-10-7-16/h1-4,17H,5-10H2,(H2,14,15). The minimum Gasteiger partial charge on any atom is -0.492 e. The Kier molecular flexibility index (Phi) is 5.35. The third-order valence-corrected chi connectivity index (χ3v) is 3.98. The Hall–Kier alpha value is -1.40. The summed E-state index contributed by atoms with van der Waals surface area (Å²) in [5.41, 5.74) is 6.18. The van der Waals surface area contributed by atoms with Crippen LogP contribution in [0.1, 0.15) is 5.56 Å². The average molecular weight is 281 g/mol. The molecule has 1 heterocycles. The van der Waals surface area contributed by atoms with E-state index < -0.39 is 0 Å². The molecule has 1 aliphatic heterocycles. The summed E-state index contributed by atoms with van der Waals surface area (Å²) in [5.74, 6) is 3.35. The maximum absolute atomic E-state index is 8.57. The number of amidine groups is 1. The number of oxime groups is 1. The van der Waals surface area contributed by atoms with Crippen LogP contribution in [0.3, 0.4) is 0 Å². The lowest BCUT2D eigenvalue weighted by Gasteiger charge is -2.25. The predicted octanol–water partition coefficient (Wildman–Crippen LogP) is 1.21. The minimum atomic E-state index is 0.109. The summed E-state index contributed by atoms with van der Waals surface area (Å²) in [4.78, 5) is 2.42. The maximum Gasteiger partial charge on any atom is 0.170 e. The molecular formula is C13H19N3O2S. The quantitative estimate of drug-likeness (QED) is 0.367. The predicted molar refractivity (Wildman–Crippen MR) is 78.2 cm³/mol. The lowest BCUT2D eigenvalue weighted by Crippen LogP contribution is -2.35. The molecule has 0 unspecified atom stereocenters. The van der Waals surface area contributed by atoms with E-state index in [0.29, 0.717) is 12.2 Å². The van der Waals surface area contributed by atoms with Gasteiger partial charge in [0.2, 0.25) is 0 Å². The summed E-state index contributed by atoms with van der Waals surface area (Å²) in [5, 5.41) is 11.5. The fourth-order valence-electron chi connectivity index (χ4n) is 1.90. The zero-order valence-corrected chi connectivity index (χ0v) is 11.6. The number of thioether (sulfide) groups is 1. The summed E-state index contributed by atoms with van der Waals surface area (Å²) in [6, 6.07) is 7.22. The summed E-state index contributed by atoms with van der Waals surface area (Å²) < 4.78 is 5.69. The number of rotatable bonds is 5. The molecule has 1 saturated heterocycles. The van der Waals surface area contributed by atoms with E-state index in [0.717, 1.165) is 25.4 Å². The molecule has 5 nitrogen and oxygen atoms in total. The van der Waals surface area contributed by atoms with Crippen molar-refractivity contribution in [1.29, 1.82) is 0 Å². The zero-order valence-electron chi connectivity index (χ0n) is 10.8. The molecule has 0 aliphatic carbocycles. The van der Waals surface area contributed by atoms with Gasteiger partial charge in [0, 0.05) is 36.7 Å². The Morgan fingerprint density at radius 2 is 2.00 bits per heavy atom. The summed E-state index contributed by atoms with van der Waals surface area (Å²) in [6.45, 7) is 3.95. The van der Waals surface area contributed by atoms with Crippen LogP contribution in [0.5, 0.6) is 5.75 Å². The molecule has 0 aromatic heterocycles. The van der Waals surface area contributed by atoms with Gasteiger partial charge in [-0.25, -0.2) is 0 Å². The van der Waals surface area contributed by atoms with Gasteiger partial charge >= 0.3 is 0 Å². The van der Waals surface area contributed by atoms with Crippen LogP contribution in [0.4, 0.5) is 0 Å². The van der Waals surface area contributed by atoms with Crippen molar-refractivity contribution in [1.82, 2.24) is 4.90 Å². The number of nitrogens with two attached hydrogens (primary N) is 1. The highest BCUT2D eigenvalue weighted by Gasteiger charge is 2.09. The maximum atomic E-state index is 8.57. The van der Waals surface area contributed by atoms with Crippen molar-refractivity contribution in [3.8, 4) is 5.75 Å². The largest absolute Gasteiger partial charge is 0.492 e. The van der Waals surface area contributed by atoms with Crippen molar-refractivity contribution in [3.05, 3.63) is 29.8 Å². The second kappa shape index (κ2) is 7.25. The molecule has 3 N–H and O–H groups in total. The van der Waals surface area contributed by atoms with E-state index in [1.54, 1.807) is 12.1 Å². The third kappa shape index (κ3) is 4.33. The Bertz CT molecular complexity index is 416. The van der Waals surface area contributed by atoms with Crippen LogP contribution in [0.15, 0.2) is 29.4 Å². The summed E-state index contributed by atoms with van der Waals surface area (Å²) in [7, 11) is 0. The van der Waals surface area contributed by atoms with E-state index >= 15 is 0 Å². The number of ether oxygens (including phenoxy) is 1.